The Bertz CT molecular complexity index is 856. The monoisotopic (exact) mass is 348 g/mol. The van der Waals surface area contributed by atoms with E-state index in [0.29, 0.717) is 32.8 Å². The number of benzene rings is 1. The van der Waals surface area contributed by atoms with Crippen molar-refractivity contribution >= 4 is 10.0 Å². The zero-order valence-corrected chi connectivity index (χ0v) is 14.3. The second-order valence-electron chi connectivity index (χ2n) is 5.84. The third kappa shape index (κ3) is 3.89. The van der Waals surface area contributed by atoms with Crippen LogP contribution in [-0.2, 0) is 16.7 Å². The molecule has 7 nitrogen and oxygen atoms in total. The number of sulfonamides is 1. The minimum Gasteiger partial charge on any atom is -0.282 e. The highest BCUT2D eigenvalue weighted by molar-refractivity contribution is 7.88. The fourth-order valence-corrected chi connectivity index (χ4v) is 3.53. The lowest BCUT2D eigenvalue weighted by atomic mass is 10.1. The maximum atomic E-state index is 12.1. The van der Waals surface area contributed by atoms with Gasteiger partial charge in [-0.05, 0) is 6.07 Å². The molecule has 1 aromatic heterocycles. The normalized spacial score (nSPS) is 17.0. The second kappa shape index (κ2) is 6.84. The highest BCUT2D eigenvalue weighted by Crippen LogP contribution is 2.14. The van der Waals surface area contributed by atoms with Gasteiger partial charge in [0.05, 0.1) is 18.6 Å². The van der Waals surface area contributed by atoms with Gasteiger partial charge in [0.25, 0.3) is 5.56 Å². The Kier molecular flexibility index (Phi) is 4.79. The van der Waals surface area contributed by atoms with Crippen molar-refractivity contribution in [1.29, 1.82) is 0 Å². The van der Waals surface area contributed by atoms with Crippen molar-refractivity contribution in [3.8, 4) is 11.3 Å². The van der Waals surface area contributed by atoms with Crippen molar-refractivity contribution in [3.05, 3.63) is 52.8 Å². The Hall–Kier alpha value is -2.03. The molecular weight excluding hydrogens is 328 g/mol. The van der Waals surface area contributed by atoms with Crippen molar-refractivity contribution in [2.75, 3.05) is 32.4 Å². The molecule has 0 aliphatic carbocycles. The largest absolute Gasteiger partial charge is 0.282 e. The summed E-state index contributed by atoms with van der Waals surface area (Å²) in [4.78, 5) is 14.1. The molecule has 1 aliphatic rings. The molecule has 1 aliphatic heterocycles. The van der Waals surface area contributed by atoms with Gasteiger partial charge in [0.15, 0.2) is 0 Å². The van der Waals surface area contributed by atoms with E-state index in [-0.39, 0.29) is 5.56 Å². The van der Waals surface area contributed by atoms with Crippen LogP contribution in [-0.4, -0.2) is 59.8 Å². The van der Waals surface area contributed by atoms with E-state index in [1.165, 1.54) is 21.3 Å². The molecule has 0 saturated carbocycles. The van der Waals surface area contributed by atoms with Gasteiger partial charge in [0.1, 0.15) is 0 Å². The van der Waals surface area contributed by atoms with E-state index in [1.54, 1.807) is 6.07 Å². The van der Waals surface area contributed by atoms with Crippen molar-refractivity contribution in [2.24, 2.45) is 0 Å². The molecule has 0 radical (unpaired) electrons. The molecule has 1 fully saturated rings. The molecule has 0 unspecified atom stereocenters. The Labute approximate surface area is 141 Å². The third-order valence-electron chi connectivity index (χ3n) is 4.07. The number of rotatable bonds is 4. The van der Waals surface area contributed by atoms with Crippen LogP contribution in [0.4, 0.5) is 0 Å². The first-order chi connectivity index (χ1) is 11.4. The topological polar surface area (TPSA) is 75.5 Å². The maximum Gasteiger partial charge on any atom is 0.268 e. The summed E-state index contributed by atoms with van der Waals surface area (Å²) in [5, 5.41) is 4.44. The first-order valence-corrected chi connectivity index (χ1v) is 9.59. The van der Waals surface area contributed by atoms with Crippen LogP contribution in [0.25, 0.3) is 11.3 Å². The van der Waals surface area contributed by atoms with Gasteiger partial charge in [-0.3, -0.25) is 9.69 Å². The van der Waals surface area contributed by atoms with Crippen molar-refractivity contribution < 1.29 is 8.42 Å². The minimum atomic E-state index is -3.15. The molecular formula is C16H20N4O3S. The fraction of sp³-hybridized carbons (Fsp3) is 0.375. The first kappa shape index (κ1) is 16.8. The summed E-state index contributed by atoms with van der Waals surface area (Å²) < 4.78 is 26.0. The highest BCUT2D eigenvalue weighted by Gasteiger charge is 2.23. The lowest BCUT2D eigenvalue weighted by Crippen LogP contribution is -2.49. The van der Waals surface area contributed by atoms with E-state index in [0.717, 1.165) is 11.3 Å². The van der Waals surface area contributed by atoms with Gasteiger partial charge in [-0.15, -0.1) is 0 Å². The Morgan fingerprint density at radius 1 is 1.00 bits per heavy atom. The zero-order chi connectivity index (χ0) is 17.2. The summed E-state index contributed by atoms with van der Waals surface area (Å²) in [7, 11) is -3.15. The van der Waals surface area contributed by atoms with E-state index in [4.69, 9.17) is 0 Å². The molecule has 3 rings (SSSR count). The number of piperazine rings is 1. The SMILES string of the molecule is CS(=O)(=O)N1CCN(Cn2nc(-c3ccccc3)ccc2=O)CC1. The van der Waals surface area contributed by atoms with E-state index < -0.39 is 10.0 Å². The Balaban J connectivity index is 1.73. The number of hydrogen-bond donors (Lipinski definition) is 0. The summed E-state index contributed by atoms with van der Waals surface area (Å²) >= 11 is 0. The molecule has 1 saturated heterocycles. The van der Waals surface area contributed by atoms with Gasteiger partial charge < -0.3 is 0 Å². The van der Waals surface area contributed by atoms with Gasteiger partial charge in [-0.2, -0.15) is 9.40 Å². The standard InChI is InChI=1S/C16H20N4O3S/c1-24(22,23)19-11-9-18(10-12-19)13-20-16(21)8-7-15(17-20)14-5-3-2-4-6-14/h2-8H,9-13H2,1H3. The molecule has 0 spiro atoms. The summed E-state index contributed by atoms with van der Waals surface area (Å²) in [6.07, 6.45) is 1.22. The van der Waals surface area contributed by atoms with E-state index >= 15 is 0 Å². The Morgan fingerprint density at radius 2 is 1.67 bits per heavy atom. The highest BCUT2D eigenvalue weighted by atomic mass is 32.2. The van der Waals surface area contributed by atoms with Crippen LogP contribution in [0.2, 0.25) is 0 Å². The Morgan fingerprint density at radius 3 is 2.29 bits per heavy atom. The smallest absolute Gasteiger partial charge is 0.268 e. The first-order valence-electron chi connectivity index (χ1n) is 7.74. The van der Waals surface area contributed by atoms with Crippen LogP contribution in [0.3, 0.4) is 0 Å². The quantitative estimate of drug-likeness (QED) is 0.802. The lowest BCUT2D eigenvalue weighted by Gasteiger charge is -2.33. The molecule has 0 N–H and O–H groups in total. The van der Waals surface area contributed by atoms with Crippen LogP contribution in [0.15, 0.2) is 47.3 Å². The van der Waals surface area contributed by atoms with E-state index in [2.05, 4.69) is 5.10 Å². The predicted molar refractivity (Wildman–Crippen MR) is 91.9 cm³/mol. The molecule has 24 heavy (non-hydrogen) atoms. The maximum absolute atomic E-state index is 12.1. The predicted octanol–water partition coefficient (Wildman–Crippen LogP) is 0.445. The van der Waals surface area contributed by atoms with Gasteiger partial charge in [0, 0.05) is 37.8 Å². The van der Waals surface area contributed by atoms with Crippen LogP contribution < -0.4 is 5.56 Å². The number of aromatic nitrogens is 2. The average molecular weight is 348 g/mol. The summed E-state index contributed by atoms with van der Waals surface area (Å²) in [6, 6.07) is 12.9. The number of nitrogens with zero attached hydrogens (tertiary/aromatic N) is 4. The van der Waals surface area contributed by atoms with Crippen LogP contribution >= 0.6 is 0 Å². The van der Waals surface area contributed by atoms with Crippen molar-refractivity contribution in [2.45, 2.75) is 6.67 Å². The second-order valence-corrected chi connectivity index (χ2v) is 7.83. The lowest BCUT2D eigenvalue weighted by molar-refractivity contribution is 0.143. The summed E-state index contributed by atoms with van der Waals surface area (Å²) in [5.41, 5.74) is 1.53. The van der Waals surface area contributed by atoms with Crippen LogP contribution in [0.5, 0.6) is 0 Å². The molecule has 8 heteroatoms. The molecule has 128 valence electrons. The van der Waals surface area contributed by atoms with Gasteiger partial charge in [-0.1, -0.05) is 30.3 Å². The summed E-state index contributed by atoms with van der Waals surface area (Å²) in [6.45, 7) is 2.39. The third-order valence-corrected chi connectivity index (χ3v) is 5.37. The molecule has 1 aromatic carbocycles. The summed E-state index contributed by atoms with van der Waals surface area (Å²) in [5.74, 6) is 0. The van der Waals surface area contributed by atoms with E-state index in [1.807, 2.05) is 35.2 Å². The van der Waals surface area contributed by atoms with E-state index in [9.17, 15) is 13.2 Å². The molecule has 0 bridgehead atoms. The van der Waals surface area contributed by atoms with Crippen LogP contribution in [0.1, 0.15) is 0 Å². The zero-order valence-electron chi connectivity index (χ0n) is 13.5. The fourth-order valence-electron chi connectivity index (χ4n) is 2.71. The van der Waals surface area contributed by atoms with Gasteiger partial charge in [-0.25, -0.2) is 13.1 Å². The van der Waals surface area contributed by atoms with Crippen molar-refractivity contribution in [3.63, 3.8) is 0 Å². The molecule has 0 atom stereocenters. The van der Waals surface area contributed by atoms with Gasteiger partial charge in [0.2, 0.25) is 10.0 Å². The average Bonchev–Trinajstić information content (AvgIpc) is 2.57. The minimum absolute atomic E-state index is 0.166. The van der Waals surface area contributed by atoms with Gasteiger partial charge >= 0.3 is 0 Å². The van der Waals surface area contributed by atoms with Crippen LogP contribution in [0, 0.1) is 0 Å². The molecule has 2 aromatic rings. The molecule has 2 heterocycles. The van der Waals surface area contributed by atoms with Crippen molar-refractivity contribution in [1.82, 2.24) is 19.0 Å². The molecule has 0 amide bonds. The number of hydrogen-bond acceptors (Lipinski definition) is 5.